The molecule has 0 atom stereocenters. The Bertz CT molecular complexity index is 7280. The molecular formula is C111H140Cl4N28O4. The van der Waals surface area contributed by atoms with E-state index in [0.29, 0.717) is 147 Å². The van der Waals surface area contributed by atoms with Crippen LogP contribution in [0.1, 0.15) is 214 Å². The lowest BCUT2D eigenvalue weighted by molar-refractivity contribution is 0.0847. The van der Waals surface area contributed by atoms with Gasteiger partial charge in [-0.1, -0.05) is 105 Å². The third-order valence-electron chi connectivity index (χ3n) is 30.7. The van der Waals surface area contributed by atoms with Crippen molar-refractivity contribution >= 4 is 113 Å². The lowest BCUT2D eigenvalue weighted by Crippen LogP contribution is -2.47. The highest BCUT2D eigenvalue weighted by Crippen LogP contribution is 2.42. The van der Waals surface area contributed by atoms with Crippen LogP contribution in [0.15, 0.2) is 166 Å². The number of imidazole rings is 4. The molecule has 0 amide bonds. The van der Waals surface area contributed by atoms with Gasteiger partial charge in [0.1, 0.15) is 45.6 Å². The quantitative estimate of drug-likeness (QED) is 0.0192. The van der Waals surface area contributed by atoms with Crippen molar-refractivity contribution in [3.05, 3.63) is 253 Å². The first kappa shape index (κ1) is 105. The van der Waals surface area contributed by atoms with Gasteiger partial charge in [0, 0.05) is 92.9 Å². The molecule has 12 aromatic heterocycles. The van der Waals surface area contributed by atoms with Crippen LogP contribution in [0.4, 0.5) is 22.7 Å². The summed E-state index contributed by atoms with van der Waals surface area (Å²) in [6, 6.07) is 26.4. The Morgan fingerprint density at radius 1 is 0.347 bits per heavy atom. The molecule has 1 aliphatic carbocycles. The molecule has 16 aromatic rings. The van der Waals surface area contributed by atoms with E-state index in [-0.39, 0.29) is 33.3 Å². The number of aromatic amines is 8. The summed E-state index contributed by atoms with van der Waals surface area (Å²) in [5.41, 5.74) is 22.6. The number of benzene rings is 4. The van der Waals surface area contributed by atoms with E-state index in [0.717, 1.165) is 173 Å². The summed E-state index contributed by atoms with van der Waals surface area (Å²) in [5.74, 6) is 4.48. The number of pyridine rings is 4. The summed E-state index contributed by atoms with van der Waals surface area (Å²) >= 11 is 23.8. The highest BCUT2D eigenvalue weighted by Gasteiger charge is 2.36. The molecule has 21 rings (SSSR count). The summed E-state index contributed by atoms with van der Waals surface area (Å²) < 4.78 is 7.07. The van der Waals surface area contributed by atoms with Crippen molar-refractivity contribution in [2.75, 3.05) is 106 Å². The van der Waals surface area contributed by atoms with Crippen molar-refractivity contribution in [1.29, 1.82) is 0 Å². The Hall–Kier alpha value is -12.4. The molecule has 0 bridgehead atoms. The number of likely N-dealkylation sites (tertiary alicyclic amines) is 4. The third-order valence-corrected chi connectivity index (χ3v) is 31.5. The van der Waals surface area contributed by atoms with Gasteiger partial charge in [-0.25, -0.2) is 19.9 Å². The van der Waals surface area contributed by atoms with E-state index >= 15 is 0 Å². The minimum Gasteiger partial charge on any atom is -0.382 e. The van der Waals surface area contributed by atoms with Gasteiger partial charge >= 0.3 is 0 Å². The van der Waals surface area contributed by atoms with Crippen LogP contribution in [0, 0.1) is 33.1 Å². The first-order chi connectivity index (χ1) is 70.7. The molecule has 16 heterocycles. The number of hydrogen-bond acceptors (Lipinski definition) is 20. The zero-order valence-corrected chi connectivity index (χ0v) is 89.8. The van der Waals surface area contributed by atoms with Crippen LogP contribution in [0.25, 0.3) is 89.7 Å². The van der Waals surface area contributed by atoms with E-state index in [1.165, 1.54) is 86.8 Å². The van der Waals surface area contributed by atoms with Gasteiger partial charge in [0.25, 0.3) is 22.2 Å². The topological polar surface area (TPSA) is 379 Å². The van der Waals surface area contributed by atoms with Crippen LogP contribution in [0.3, 0.4) is 0 Å². The van der Waals surface area contributed by atoms with E-state index < -0.39 is 0 Å². The molecule has 12 N–H and O–H groups in total. The number of nitrogens with one attached hydrogen (secondary N) is 12. The Labute approximate surface area is 877 Å². The number of aromatic nitrogens is 20. The van der Waals surface area contributed by atoms with Crippen molar-refractivity contribution in [3.8, 4) is 45.6 Å². The Kier molecular flexibility index (Phi) is 32.5. The van der Waals surface area contributed by atoms with Gasteiger partial charge in [-0.3, -0.25) is 47.7 Å². The normalized spacial score (nSPS) is 15.9. The predicted octanol–water partition coefficient (Wildman–Crippen LogP) is 21.4. The van der Waals surface area contributed by atoms with Crippen molar-refractivity contribution in [3.63, 3.8) is 0 Å². The number of aryl methyl sites for hydroxylation is 4. The Morgan fingerprint density at radius 3 is 0.844 bits per heavy atom. The number of hydrogen-bond donors (Lipinski definition) is 12. The lowest BCUT2D eigenvalue weighted by Gasteiger charge is -2.42. The lowest BCUT2D eigenvalue weighted by atomic mass is 9.86. The van der Waals surface area contributed by atoms with Gasteiger partial charge in [0.15, 0.2) is 0 Å². The molecule has 147 heavy (non-hydrogen) atoms. The van der Waals surface area contributed by atoms with E-state index in [2.05, 4.69) is 240 Å². The molecule has 0 unspecified atom stereocenters. The van der Waals surface area contributed by atoms with Gasteiger partial charge in [0.2, 0.25) is 0 Å². The van der Waals surface area contributed by atoms with E-state index in [1.54, 1.807) is 93.1 Å². The molecule has 4 aromatic carbocycles. The summed E-state index contributed by atoms with van der Waals surface area (Å²) in [6.07, 6.45) is 35.8. The van der Waals surface area contributed by atoms with Crippen LogP contribution in [0.2, 0.25) is 20.1 Å². The molecule has 5 fully saturated rings. The maximum atomic E-state index is 12.9. The van der Waals surface area contributed by atoms with Crippen LogP contribution < -0.4 is 43.5 Å². The summed E-state index contributed by atoms with van der Waals surface area (Å²) in [4.78, 5) is 106. The molecule has 776 valence electrons. The summed E-state index contributed by atoms with van der Waals surface area (Å²) in [6.45, 7) is 44.5. The van der Waals surface area contributed by atoms with Gasteiger partial charge in [-0.05, 0) is 320 Å². The Morgan fingerprint density at radius 2 is 0.605 bits per heavy atom. The summed E-state index contributed by atoms with van der Waals surface area (Å²) in [5, 5.41) is 32.7. The molecule has 32 nitrogen and oxygen atoms in total. The van der Waals surface area contributed by atoms with Crippen molar-refractivity contribution < 1.29 is 0 Å². The standard InChI is InChI=1S/C29H38ClN7O.2C28H36ClN7O.C26H30ClN7O/c1-19-15-21(20-6-11-36(12-7-20)13-8-29(2,3)4)16-24-26(19)35-27(34-24)25-23(5-9-32-28(25)38)31-10-14-37-18-22(30)17-33-37;2*1-5-28(3,4)35-11-7-19(8-12-35)20-14-18(2)25-23(15-20)33-26(34-25)24-22(6-9-31-27(24)37)30-10-13-36-17-21(29)16-32-36;1-16-12-18(17-5-9-33(10-6-17)20-2-3-20)13-22-24(16)32-25(31-22)23-21(4-7-29-26(23)35)28-8-11-34-15-19(27)14-30-34/h5,9,15-18,20H,6-8,10-14H2,1-4H3,(H,34,35)(H2,31,32,38);2*6,9,14-17,19H,5,7-8,10-13H2,1-4H3,(H,33,34)(H2,30,31,37);4,7,12-15,17,20H,2-3,5-6,8-11H2,1H3,(H,31,32)(H2,28,29,35). The molecule has 1 saturated carbocycles. The van der Waals surface area contributed by atoms with Crippen LogP contribution >= 0.6 is 46.4 Å². The average molecular weight is 2070 g/mol. The zero-order chi connectivity index (χ0) is 103. The molecule has 36 heteroatoms. The molecule has 4 aliphatic heterocycles. The van der Waals surface area contributed by atoms with Crippen molar-refractivity contribution in [2.45, 2.75) is 240 Å². The van der Waals surface area contributed by atoms with Crippen molar-refractivity contribution in [1.82, 2.24) is 119 Å². The number of halogens is 4. The van der Waals surface area contributed by atoms with E-state index in [9.17, 15) is 19.2 Å². The van der Waals surface area contributed by atoms with Gasteiger partial charge in [0.05, 0.1) is 138 Å². The number of fused-ring (bicyclic) bond motifs is 4. The number of nitrogens with zero attached hydrogens (tertiary/aromatic N) is 16. The third kappa shape index (κ3) is 25.3. The zero-order valence-electron chi connectivity index (χ0n) is 86.8. The molecule has 4 saturated heterocycles. The smallest absolute Gasteiger partial charge is 0.261 e. The highest BCUT2D eigenvalue weighted by molar-refractivity contribution is 6.31. The average Bonchev–Trinajstić information content (AvgIpc) is 1.64. The largest absolute Gasteiger partial charge is 0.382 e. The fraction of sp³-hybridized carbons (Fsp3) is 0.459. The fourth-order valence-corrected chi connectivity index (χ4v) is 21.9. The number of anilines is 4. The second kappa shape index (κ2) is 45.7. The highest BCUT2D eigenvalue weighted by atomic mass is 35.5. The maximum absolute atomic E-state index is 12.9. The second-order valence-corrected chi connectivity index (χ2v) is 44.6. The van der Waals surface area contributed by atoms with Crippen LogP contribution in [-0.4, -0.2) is 221 Å². The first-order valence-corrected chi connectivity index (χ1v) is 53.8. The van der Waals surface area contributed by atoms with Crippen molar-refractivity contribution in [2.24, 2.45) is 5.41 Å². The minimum absolute atomic E-state index is 0.179. The van der Waals surface area contributed by atoms with Gasteiger partial charge in [-0.15, -0.1) is 0 Å². The number of rotatable bonds is 31. The fourth-order valence-electron chi connectivity index (χ4n) is 21.3. The molecule has 5 aliphatic rings. The monoisotopic (exact) mass is 2070 g/mol. The second-order valence-electron chi connectivity index (χ2n) is 42.9. The molecule has 0 spiro atoms. The van der Waals surface area contributed by atoms with Crippen LogP contribution in [0.5, 0.6) is 0 Å². The molecular weight excluding hydrogens is 1930 g/mol. The Balaban J connectivity index is 0.000000128. The van der Waals surface area contributed by atoms with E-state index in [4.69, 9.17) is 66.3 Å². The molecule has 0 radical (unpaired) electrons. The number of piperidine rings is 4. The van der Waals surface area contributed by atoms with Gasteiger partial charge < -0.3 is 70.9 Å². The minimum atomic E-state index is -0.185. The first-order valence-electron chi connectivity index (χ1n) is 52.2. The SMILES string of the molecule is CCC(C)(C)N1CCC(c2cc(C)c3nc(-c4c(NCCn5cc(Cl)cn5)cc[nH]c4=O)[nH]c3c2)CC1.CCC(C)(C)N1CCC(c2cc(C)c3nc(-c4c(NCCn5cc(Cl)cn5)cc[nH]c4=O)[nH]c3c2)CC1.Cc1cc(C2CCN(C3CC3)CC2)cc2[nH]c(-c3c(NCCn4cc(Cl)cn4)cc[nH]c3=O)nc12.Cc1cc(C2CCN(CCC(C)(C)C)CC2)cc2[nH]c(-c3c(NCCn4cc(Cl)cn4)cc[nH]c3=O)nc12. The van der Waals surface area contributed by atoms with Crippen LogP contribution in [-0.2, 0) is 26.2 Å². The van der Waals surface area contributed by atoms with E-state index in [1.807, 2.05) is 24.3 Å². The maximum Gasteiger partial charge on any atom is 0.261 e. The summed E-state index contributed by atoms with van der Waals surface area (Å²) in [7, 11) is 0. The van der Waals surface area contributed by atoms with Gasteiger partial charge in [-0.2, -0.15) is 20.4 Å². The number of H-pyrrole nitrogens is 8. The predicted molar refractivity (Wildman–Crippen MR) is 595 cm³/mol.